The van der Waals surface area contributed by atoms with Gasteiger partial charge in [0, 0.05) is 64.1 Å². The fourth-order valence-electron chi connectivity index (χ4n) is 4.24. The lowest BCUT2D eigenvalue weighted by Gasteiger charge is -2.41. The molecule has 0 radical (unpaired) electrons. The first-order valence-corrected chi connectivity index (χ1v) is 11.7. The van der Waals surface area contributed by atoms with Gasteiger partial charge >= 0.3 is 0 Å². The molecule has 2 aliphatic rings. The Labute approximate surface area is 187 Å². The molecule has 0 saturated carbocycles. The van der Waals surface area contributed by atoms with Crippen molar-refractivity contribution in [1.29, 1.82) is 0 Å². The second-order valence-electron chi connectivity index (χ2n) is 8.68. The van der Waals surface area contributed by atoms with Crippen LogP contribution in [0.1, 0.15) is 44.2 Å². The van der Waals surface area contributed by atoms with Gasteiger partial charge in [0.05, 0.1) is 13.2 Å². The highest BCUT2D eigenvalue weighted by Gasteiger charge is 2.34. The monoisotopic (exact) mass is 432 g/mol. The van der Waals surface area contributed by atoms with Crippen LogP contribution in [0, 0.1) is 5.92 Å². The van der Waals surface area contributed by atoms with E-state index in [9.17, 15) is 0 Å². The van der Waals surface area contributed by atoms with Crippen LogP contribution in [0.25, 0.3) is 0 Å². The molecule has 2 unspecified atom stereocenters. The molecule has 0 aliphatic carbocycles. The Morgan fingerprint density at radius 2 is 1.97 bits per heavy atom. The molecule has 31 heavy (non-hydrogen) atoms. The SMILES string of the molecule is CN=C(NCCCOCC1CCOC1)NCC1(NC(C)c2ccccc2)CCOCC1. The zero-order chi connectivity index (χ0) is 21.8. The van der Waals surface area contributed by atoms with Crippen molar-refractivity contribution in [1.82, 2.24) is 16.0 Å². The summed E-state index contributed by atoms with van der Waals surface area (Å²) in [5.41, 5.74) is 1.29. The molecular formula is C24H40N4O3. The summed E-state index contributed by atoms with van der Waals surface area (Å²) >= 11 is 0. The highest BCUT2D eigenvalue weighted by Crippen LogP contribution is 2.25. The Morgan fingerprint density at radius 3 is 2.68 bits per heavy atom. The summed E-state index contributed by atoms with van der Waals surface area (Å²) in [7, 11) is 1.82. The summed E-state index contributed by atoms with van der Waals surface area (Å²) in [6, 6.07) is 10.9. The van der Waals surface area contributed by atoms with Gasteiger partial charge in [-0.15, -0.1) is 0 Å². The molecule has 0 bridgehead atoms. The average molecular weight is 433 g/mol. The Morgan fingerprint density at radius 1 is 1.16 bits per heavy atom. The minimum atomic E-state index is -0.0163. The van der Waals surface area contributed by atoms with Crippen molar-refractivity contribution in [3.05, 3.63) is 35.9 Å². The van der Waals surface area contributed by atoms with Crippen LogP contribution in [-0.4, -0.2) is 71.3 Å². The van der Waals surface area contributed by atoms with Crippen molar-refractivity contribution < 1.29 is 14.2 Å². The third-order valence-electron chi connectivity index (χ3n) is 6.23. The maximum atomic E-state index is 5.79. The molecule has 0 amide bonds. The smallest absolute Gasteiger partial charge is 0.191 e. The predicted octanol–water partition coefficient (Wildman–Crippen LogP) is 2.49. The Bertz CT molecular complexity index is 643. The van der Waals surface area contributed by atoms with Crippen LogP contribution >= 0.6 is 0 Å². The van der Waals surface area contributed by atoms with Gasteiger partial charge in [-0.05, 0) is 38.2 Å². The van der Waals surface area contributed by atoms with Crippen molar-refractivity contribution in [3.63, 3.8) is 0 Å². The van der Waals surface area contributed by atoms with E-state index in [0.29, 0.717) is 5.92 Å². The number of guanidine groups is 1. The highest BCUT2D eigenvalue weighted by molar-refractivity contribution is 5.79. The van der Waals surface area contributed by atoms with Crippen LogP contribution in [0.15, 0.2) is 35.3 Å². The minimum Gasteiger partial charge on any atom is -0.381 e. The summed E-state index contributed by atoms with van der Waals surface area (Å²) in [5, 5.41) is 10.8. The zero-order valence-electron chi connectivity index (χ0n) is 19.2. The number of rotatable bonds is 11. The lowest BCUT2D eigenvalue weighted by molar-refractivity contribution is 0.0354. The van der Waals surface area contributed by atoms with Crippen LogP contribution in [0.3, 0.4) is 0 Å². The number of ether oxygens (including phenoxy) is 3. The fraction of sp³-hybridized carbons (Fsp3) is 0.708. The van der Waals surface area contributed by atoms with Crippen molar-refractivity contribution in [2.75, 3.05) is 59.8 Å². The lowest BCUT2D eigenvalue weighted by Crippen LogP contribution is -2.58. The van der Waals surface area contributed by atoms with Gasteiger partial charge in [-0.25, -0.2) is 0 Å². The van der Waals surface area contributed by atoms with Crippen molar-refractivity contribution >= 4 is 5.96 Å². The maximum Gasteiger partial charge on any atom is 0.191 e. The Balaban J connectivity index is 1.40. The topological polar surface area (TPSA) is 76.1 Å². The van der Waals surface area contributed by atoms with Crippen molar-refractivity contribution in [2.45, 2.75) is 44.2 Å². The first-order valence-electron chi connectivity index (χ1n) is 11.7. The molecule has 2 fully saturated rings. The number of hydrogen-bond donors (Lipinski definition) is 3. The molecule has 2 heterocycles. The third-order valence-corrected chi connectivity index (χ3v) is 6.23. The number of benzene rings is 1. The second-order valence-corrected chi connectivity index (χ2v) is 8.68. The largest absolute Gasteiger partial charge is 0.381 e. The van der Waals surface area contributed by atoms with Gasteiger partial charge < -0.3 is 30.2 Å². The maximum absolute atomic E-state index is 5.79. The summed E-state index contributed by atoms with van der Waals surface area (Å²) in [6.45, 7) is 8.74. The third kappa shape index (κ3) is 8.07. The van der Waals surface area contributed by atoms with Crippen LogP contribution in [0.2, 0.25) is 0 Å². The van der Waals surface area contributed by atoms with Gasteiger partial charge in [0.15, 0.2) is 5.96 Å². The summed E-state index contributed by atoms with van der Waals surface area (Å²) in [4.78, 5) is 4.40. The Kier molecular flexibility index (Phi) is 10.1. The van der Waals surface area contributed by atoms with Crippen LogP contribution < -0.4 is 16.0 Å². The first-order chi connectivity index (χ1) is 15.2. The van der Waals surface area contributed by atoms with E-state index in [1.54, 1.807) is 0 Å². The molecule has 3 rings (SSSR count). The van der Waals surface area contributed by atoms with Crippen molar-refractivity contribution in [2.24, 2.45) is 10.9 Å². The van der Waals surface area contributed by atoms with E-state index in [4.69, 9.17) is 14.2 Å². The fourth-order valence-corrected chi connectivity index (χ4v) is 4.24. The second kappa shape index (κ2) is 13.0. The number of hydrogen-bond acceptors (Lipinski definition) is 5. The molecule has 174 valence electrons. The van der Waals surface area contributed by atoms with Crippen LogP contribution in [0.5, 0.6) is 0 Å². The lowest BCUT2D eigenvalue weighted by atomic mass is 9.88. The highest BCUT2D eigenvalue weighted by atomic mass is 16.5. The number of nitrogens with zero attached hydrogens (tertiary/aromatic N) is 1. The molecule has 2 saturated heterocycles. The van der Waals surface area contributed by atoms with Gasteiger partial charge in [0.25, 0.3) is 0 Å². The van der Waals surface area contributed by atoms with Crippen LogP contribution in [-0.2, 0) is 14.2 Å². The van der Waals surface area contributed by atoms with Gasteiger partial charge in [-0.3, -0.25) is 4.99 Å². The summed E-state index contributed by atoms with van der Waals surface area (Å²) in [5.74, 6) is 1.41. The van der Waals surface area contributed by atoms with Gasteiger partial charge in [0.2, 0.25) is 0 Å². The molecule has 2 atom stereocenters. The van der Waals surface area contributed by atoms with E-state index in [-0.39, 0.29) is 11.6 Å². The predicted molar refractivity (Wildman–Crippen MR) is 125 cm³/mol. The number of nitrogens with one attached hydrogen (secondary N) is 3. The number of aliphatic imine (C=N–C) groups is 1. The zero-order valence-corrected chi connectivity index (χ0v) is 19.2. The van der Waals surface area contributed by atoms with Crippen molar-refractivity contribution in [3.8, 4) is 0 Å². The quantitative estimate of drug-likeness (QED) is 0.283. The van der Waals surface area contributed by atoms with E-state index >= 15 is 0 Å². The molecule has 2 aliphatic heterocycles. The van der Waals surface area contributed by atoms with E-state index in [0.717, 1.165) is 84.4 Å². The first kappa shape index (κ1) is 24.0. The van der Waals surface area contributed by atoms with E-state index < -0.39 is 0 Å². The molecule has 1 aromatic rings. The van der Waals surface area contributed by atoms with Gasteiger partial charge in [-0.1, -0.05) is 30.3 Å². The molecule has 1 aromatic carbocycles. The molecule has 7 nitrogen and oxygen atoms in total. The van der Waals surface area contributed by atoms with Crippen LogP contribution in [0.4, 0.5) is 0 Å². The van der Waals surface area contributed by atoms with Gasteiger partial charge in [-0.2, -0.15) is 0 Å². The van der Waals surface area contributed by atoms with Gasteiger partial charge in [0.1, 0.15) is 0 Å². The van der Waals surface area contributed by atoms with E-state index in [2.05, 4.69) is 58.2 Å². The Hall–Kier alpha value is -1.67. The normalized spacial score (nSPS) is 22.3. The molecular weight excluding hydrogens is 392 g/mol. The molecule has 0 spiro atoms. The van der Waals surface area contributed by atoms with E-state index in [1.807, 2.05) is 7.05 Å². The molecule has 3 N–H and O–H groups in total. The summed E-state index contributed by atoms with van der Waals surface area (Å²) < 4.78 is 16.8. The molecule has 0 aromatic heterocycles. The standard InChI is InChI=1S/C24H40N4O3/c1-20(22-7-4-3-5-8-22)28-24(10-15-29-16-11-24)19-27-23(25-2)26-12-6-13-30-17-21-9-14-31-18-21/h3-5,7-8,20-21,28H,6,9-19H2,1-2H3,(H2,25,26,27). The summed E-state index contributed by atoms with van der Waals surface area (Å²) in [6.07, 6.45) is 4.04. The van der Waals surface area contributed by atoms with E-state index in [1.165, 1.54) is 5.56 Å². The minimum absolute atomic E-state index is 0.0163. The molecule has 7 heteroatoms. The average Bonchev–Trinajstić information content (AvgIpc) is 3.33.